The van der Waals surface area contributed by atoms with Gasteiger partial charge in [-0.3, -0.25) is 0 Å². The van der Waals surface area contributed by atoms with Gasteiger partial charge < -0.3 is 5.11 Å². The molecule has 0 heterocycles. The summed E-state index contributed by atoms with van der Waals surface area (Å²) in [5.41, 5.74) is 1.53. The molecule has 1 unspecified atom stereocenters. The quantitative estimate of drug-likeness (QED) is 0.891. The zero-order valence-electron chi connectivity index (χ0n) is 9.81. The van der Waals surface area contributed by atoms with E-state index in [4.69, 9.17) is 11.6 Å². The number of aliphatic hydroxyl groups is 1. The summed E-state index contributed by atoms with van der Waals surface area (Å²) in [4.78, 5) is 0. The highest BCUT2D eigenvalue weighted by Gasteiger charge is 2.14. The fraction of sp³-hybridized carbons (Fsp3) is 0.200. The summed E-state index contributed by atoms with van der Waals surface area (Å²) in [6.45, 7) is -0.0179. The van der Waals surface area contributed by atoms with Crippen LogP contribution in [0.15, 0.2) is 48.5 Å². The average molecular weight is 265 g/mol. The number of rotatable bonds is 4. The molecule has 2 aromatic carbocycles. The molecule has 18 heavy (non-hydrogen) atoms. The monoisotopic (exact) mass is 264 g/mol. The first-order chi connectivity index (χ1) is 8.72. The van der Waals surface area contributed by atoms with Gasteiger partial charge in [0.1, 0.15) is 5.82 Å². The van der Waals surface area contributed by atoms with Crippen LogP contribution in [0.4, 0.5) is 4.39 Å². The van der Waals surface area contributed by atoms with Crippen molar-refractivity contribution >= 4 is 11.6 Å². The fourth-order valence-electron chi connectivity index (χ4n) is 1.98. The lowest BCUT2D eigenvalue weighted by atomic mass is 9.92. The zero-order chi connectivity index (χ0) is 13.0. The molecule has 94 valence electrons. The number of benzene rings is 2. The van der Waals surface area contributed by atoms with Crippen molar-refractivity contribution in [3.8, 4) is 0 Å². The standard InChI is InChI=1S/C15H14ClFO/c16-14-8-4-7-12(15(14)17)9-13(10-18)11-5-2-1-3-6-11/h1-8,13,18H,9-10H2. The van der Waals surface area contributed by atoms with E-state index in [1.54, 1.807) is 12.1 Å². The van der Waals surface area contributed by atoms with Crippen molar-refractivity contribution in [2.75, 3.05) is 6.61 Å². The summed E-state index contributed by atoms with van der Waals surface area (Å²) < 4.78 is 13.8. The maximum Gasteiger partial charge on any atom is 0.144 e. The number of halogens is 2. The van der Waals surface area contributed by atoms with Crippen LogP contribution in [0.5, 0.6) is 0 Å². The van der Waals surface area contributed by atoms with E-state index in [0.29, 0.717) is 12.0 Å². The molecule has 0 aliphatic rings. The first-order valence-corrected chi connectivity index (χ1v) is 6.19. The predicted octanol–water partition coefficient (Wildman–Crippen LogP) is 3.80. The van der Waals surface area contributed by atoms with Gasteiger partial charge in [0.05, 0.1) is 11.6 Å². The molecule has 0 bridgehead atoms. The van der Waals surface area contributed by atoms with E-state index >= 15 is 0 Å². The molecule has 0 aliphatic carbocycles. The van der Waals surface area contributed by atoms with Gasteiger partial charge >= 0.3 is 0 Å². The second-order valence-corrected chi connectivity index (χ2v) is 4.61. The Morgan fingerprint density at radius 1 is 1.06 bits per heavy atom. The minimum Gasteiger partial charge on any atom is -0.396 e. The summed E-state index contributed by atoms with van der Waals surface area (Å²) in [5, 5.41) is 9.57. The summed E-state index contributed by atoms with van der Waals surface area (Å²) in [7, 11) is 0. The SMILES string of the molecule is OCC(Cc1cccc(Cl)c1F)c1ccccc1. The van der Waals surface area contributed by atoms with Gasteiger partial charge in [0, 0.05) is 5.92 Å². The highest BCUT2D eigenvalue weighted by Crippen LogP contribution is 2.25. The average Bonchev–Trinajstić information content (AvgIpc) is 2.41. The van der Waals surface area contributed by atoms with Crippen LogP contribution < -0.4 is 0 Å². The van der Waals surface area contributed by atoms with Gasteiger partial charge in [0.25, 0.3) is 0 Å². The van der Waals surface area contributed by atoms with Crippen LogP contribution in [-0.2, 0) is 6.42 Å². The molecular weight excluding hydrogens is 251 g/mol. The van der Waals surface area contributed by atoms with Gasteiger partial charge in [0.2, 0.25) is 0 Å². The van der Waals surface area contributed by atoms with Gasteiger partial charge in [-0.2, -0.15) is 0 Å². The second-order valence-electron chi connectivity index (χ2n) is 4.21. The number of aliphatic hydroxyl groups excluding tert-OH is 1. The summed E-state index contributed by atoms with van der Waals surface area (Å²) >= 11 is 5.75. The van der Waals surface area contributed by atoms with Crippen molar-refractivity contribution in [2.45, 2.75) is 12.3 Å². The molecule has 0 aliphatic heterocycles. The Balaban J connectivity index is 2.24. The van der Waals surface area contributed by atoms with Gasteiger partial charge in [-0.05, 0) is 23.6 Å². The molecule has 2 aromatic rings. The van der Waals surface area contributed by atoms with Crippen molar-refractivity contribution in [3.63, 3.8) is 0 Å². The van der Waals surface area contributed by atoms with Crippen LogP contribution in [-0.4, -0.2) is 11.7 Å². The highest BCUT2D eigenvalue weighted by molar-refractivity contribution is 6.30. The Kier molecular flexibility index (Phi) is 4.34. The topological polar surface area (TPSA) is 20.2 Å². The molecule has 1 N–H and O–H groups in total. The van der Waals surface area contributed by atoms with Gasteiger partial charge in [-0.1, -0.05) is 54.1 Å². The molecule has 0 aromatic heterocycles. The third kappa shape index (κ3) is 2.89. The minimum atomic E-state index is -0.395. The molecule has 0 radical (unpaired) electrons. The van der Waals surface area contributed by atoms with Crippen LogP contribution >= 0.6 is 11.6 Å². The van der Waals surface area contributed by atoms with E-state index in [0.717, 1.165) is 5.56 Å². The fourth-order valence-corrected chi connectivity index (χ4v) is 2.18. The Bertz CT molecular complexity index is 513. The lowest BCUT2D eigenvalue weighted by molar-refractivity contribution is 0.263. The van der Waals surface area contributed by atoms with Crippen LogP contribution in [0.2, 0.25) is 5.02 Å². The van der Waals surface area contributed by atoms with Crippen molar-refractivity contribution in [3.05, 3.63) is 70.5 Å². The molecule has 0 fully saturated rings. The maximum atomic E-state index is 13.8. The molecule has 0 amide bonds. The molecule has 1 nitrogen and oxygen atoms in total. The summed E-state index contributed by atoms with van der Waals surface area (Å²) in [5.74, 6) is -0.507. The molecular formula is C15H14ClFO. The third-order valence-electron chi connectivity index (χ3n) is 2.99. The van der Waals surface area contributed by atoms with E-state index in [9.17, 15) is 9.50 Å². The zero-order valence-corrected chi connectivity index (χ0v) is 10.6. The van der Waals surface area contributed by atoms with Crippen molar-refractivity contribution in [1.29, 1.82) is 0 Å². The smallest absolute Gasteiger partial charge is 0.144 e. The number of hydrogen-bond donors (Lipinski definition) is 1. The van der Waals surface area contributed by atoms with Crippen LogP contribution in [0.25, 0.3) is 0 Å². The number of hydrogen-bond acceptors (Lipinski definition) is 1. The van der Waals surface area contributed by atoms with Gasteiger partial charge in [-0.15, -0.1) is 0 Å². The Hall–Kier alpha value is -1.38. The lowest BCUT2D eigenvalue weighted by Gasteiger charge is -2.15. The van der Waals surface area contributed by atoms with Crippen molar-refractivity contribution in [1.82, 2.24) is 0 Å². The van der Waals surface area contributed by atoms with E-state index in [1.807, 2.05) is 30.3 Å². The van der Waals surface area contributed by atoms with E-state index < -0.39 is 5.82 Å². The normalized spacial score (nSPS) is 12.4. The third-order valence-corrected chi connectivity index (χ3v) is 3.28. The van der Waals surface area contributed by atoms with E-state index in [2.05, 4.69) is 0 Å². The van der Waals surface area contributed by atoms with Crippen LogP contribution in [0.1, 0.15) is 17.0 Å². The van der Waals surface area contributed by atoms with E-state index in [-0.39, 0.29) is 17.5 Å². The summed E-state index contributed by atoms with van der Waals surface area (Å²) in [6, 6.07) is 14.5. The molecule has 3 heteroatoms. The Morgan fingerprint density at radius 3 is 2.44 bits per heavy atom. The van der Waals surface area contributed by atoms with Gasteiger partial charge in [0.15, 0.2) is 0 Å². The van der Waals surface area contributed by atoms with Crippen LogP contribution in [0.3, 0.4) is 0 Å². The summed E-state index contributed by atoms with van der Waals surface area (Å²) in [6.07, 6.45) is 0.437. The Morgan fingerprint density at radius 2 is 1.78 bits per heavy atom. The lowest BCUT2D eigenvalue weighted by Crippen LogP contribution is -2.09. The van der Waals surface area contributed by atoms with Crippen LogP contribution in [0, 0.1) is 5.82 Å². The second kappa shape index (κ2) is 5.98. The first kappa shape index (κ1) is 13.1. The molecule has 2 rings (SSSR count). The van der Waals surface area contributed by atoms with Gasteiger partial charge in [-0.25, -0.2) is 4.39 Å². The predicted molar refractivity (Wildman–Crippen MR) is 71.4 cm³/mol. The maximum absolute atomic E-state index is 13.8. The van der Waals surface area contributed by atoms with E-state index in [1.165, 1.54) is 6.07 Å². The molecule has 0 spiro atoms. The van der Waals surface area contributed by atoms with Crippen molar-refractivity contribution < 1.29 is 9.50 Å². The largest absolute Gasteiger partial charge is 0.396 e. The molecule has 1 atom stereocenters. The molecule has 0 saturated carbocycles. The van der Waals surface area contributed by atoms with Crippen molar-refractivity contribution in [2.24, 2.45) is 0 Å². The molecule has 0 saturated heterocycles. The first-order valence-electron chi connectivity index (χ1n) is 5.81. The minimum absolute atomic E-state index is 0.0179. The Labute approximate surface area is 111 Å². The highest BCUT2D eigenvalue weighted by atomic mass is 35.5.